The lowest BCUT2D eigenvalue weighted by molar-refractivity contribution is -0.132. The number of hydrogen-bond donors (Lipinski definition) is 0. The molecule has 0 bridgehead atoms. The number of likely N-dealkylation sites (tertiary alicyclic amines) is 1. The molecule has 0 aliphatic carbocycles. The molecule has 0 N–H and O–H groups in total. The second-order valence-corrected chi connectivity index (χ2v) is 5.19. The van der Waals surface area contributed by atoms with E-state index in [4.69, 9.17) is 0 Å². The average molecular weight is 262 g/mol. The third-order valence-corrected chi connectivity index (χ3v) is 3.58. The zero-order valence-corrected chi connectivity index (χ0v) is 11.6. The molecule has 2 rings (SSSR count). The van der Waals surface area contributed by atoms with Gasteiger partial charge in [-0.2, -0.15) is 0 Å². The molecule has 0 spiro atoms. The number of nitrogens with zero attached hydrogens (tertiary/aromatic N) is 2. The van der Waals surface area contributed by atoms with Crippen LogP contribution in [0.3, 0.4) is 0 Å². The average Bonchev–Trinajstić information content (AvgIpc) is 2.88. The van der Waals surface area contributed by atoms with Crippen LogP contribution in [0.25, 0.3) is 0 Å². The summed E-state index contributed by atoms with van der Waals surface area (Å²) in [6.07, 6.45) is 8.49. The summed E-state index contributed by atoms with van der Waals surface area (Å²) >= 11 is 0. The fourth-order valence-corrected chi connectivity index (χ4v) is 2.47. The third-order valence-electron chi connectivity index (χ3n) is 3.58. The van der Waals surface area contributed by atoms with Gasteiger partial charge in [-0.1, -0.05) is 6.92 Å². The van der Waals surface area contributed by atoms with Gasteiger partial charge in [-0.3, -0.25) is 9.59 Å². The van der Waals surface area contributed by atoms with Gasteiger partial charge in [-0.15, -0.1) is 0 Å². The highest BCUT2D eigenvalue weighted by molar-refractivity contribution is 5.95. The fraction of sp³-hybridized carbons (Fsp3) is 0.600. The molecule has 1 amide bonds. The van der Waals surface area contributed by atoms with Crippen LogP contribution in [0.2, 0.25) is 0 Å². The Balaban J connectivity index is 1.92. The Morgan fingerprint density at radius 1 is 1.21 bits per heavy atom. The number of rotatable bonds is 5. The van der Waals surface area contributed by atoms with E-state index >= 15 is 0 Å². The van der Waals surface area contributed by atoms with Crippen molar-refractivity contribution >= 4 is 11.7 Å². The molecule has 0 unspecified atom stereocenters. The minimum atomic E-state index is 0.157. The number of ketones is 1. The van der Waals surface area contributed by atoms with Gasteiger partial charge in [-0.25, -0.2) is 0 Å². The highest BCUT2D eigenvalue weighted by atomic mass is 16.2. The molecule has 0 radical (unpaired) electrons. The minimum Gasteiger partial charge on any atom is -0.344 e. The van der Waals surface area contributed by atoms with E-state index in [0.717, 1.165) is 32.4 Å². The Morgan fingerprint density at radius 2 is 1.95 bits per heavy atom. The molecule has 4 nitrogen and oxygen atoms in total. The summed E-state index contributed by atoms with van der Waals surface area (Å²) in [5.41, 5.74) is 0.716. The summed E-state index contributed by atoms with van der Waals surface area (Å²) in [4.78, 5) is 25.8. The number of amides is 1. The fourth-order valence-electron chi connectivity index (χ4n) is 2.47. The largest absolute Gasteiger partial charge is 0.344 e. The van der Waals surface area contributed by atoms with Gasteiger partial charge in [0.05, 0.1) is 0 Å². The predicted octanol–water partition coefficient (Wildman–Crippen LogP) is 2.48. The molecule has 4 heteroatoms. The molecular weight excluding hydrogens is 240 g/mol. The van der Waals surface area contributed by atoms with Crippen LogP contribution in [0, 0.1) is 0 Å². The van der Waals surface area contributed by atoms with Gasteiger partial charge in [-0.05, 0) is 31.7 Å². The van der Waals surface area contributed by atoms with Crippen molar-refractivity contribution in [3.05, 3.63) is 24.0 Å². The first-order chi connectivity index (χ1) is 9.20. The van der Waals surface area contributed by atoms with Crippen LogP contribution in [0.1, 0.15) is 49.4 Å². The van der Waals surface area contributed by atoms with E-state index in [1.165, 1.54) is 6.42 Å². The van der Waals surface area contributed by atoms with Gasteiger partial charge < -0.3 is 9.47 Å². The van der Waals surface area contributed by atoms with Crippen molar-refractivity contribution in [2.45, 2.75) is 45.6 Å². The number of piperidine rings is 1. The first-order valence-corrected chi connectivity index (χ1v) is 7.17. The summed E-state index contributed by atoms with van der Waals surface area (Å²) in [7, 11) is 0. The standard InChI is InChI=1S/C15H22N2O2/c1-2-6-14(18)13-7-10-16(11-13)12-15(19)17-8-4-3-5-9-17/h7,10-11H,2-6,8-9,12H2,1H3. The lowest BCUT2D eigenvalue weighted by Crippen LogP contribution is -2.37. The molecule has 1 fully saturated rings. The summed E-state index contributed by atoms with van der Waals surface area (Å²) < 4.78 is 1.82. The summed E-state index contributed by atoms with van der Waals surface area (Å²) in [5, 5.41) is 0. The monoisotopic (exact) mass is 262 g/mol. The maximum Gasteiger partial charge on any atom is 0.242 e. The van der Waals surface area contributed by atoms with Crippen molar-refractivity contribution in [2.75, 3.05) is 13.1 Å². The molecule has 1 aliphatic heterocycles. The summed E-state index contributed by atoms with van der Waals surface area (Å²) in [6.45, 7) is 4.09. The van der Waals surface area contributed by atoms with Gasteiger partial charge in [0, 0.05) is 37.5 Å². The summed E-state index contributed by atoms with van der Waals surface area (Å²) in [6, 6.07) is 1.81. The van der Waals surface area contributed by atoms with Crippen LogP contribution in [-0.2, 0) is 11.3 Å². The number of Topliss-reactive ketones (excluding diaryl/α,β-unsaturated/α-hetero) is 1. The molecule has 2 heterocycles. The van der Waals surface area contributed by atoms with Crippen LogP contribution in [0.5, 0.6) is 0 Å². The van der Waals surface area contributed by atoms with E-state index in [-0.39, 0.29) is 11.7 Å². The number of carbonyl (C=O) groups is 2. The normalized spacial score (nSPS) is 15.5. The van der Waals surface area contributed by atoms with Crippen molar-refractivity contribution < 1.29 is 9.59 Å². The van der Waals surface area contributed by atoms with E-state index in [1.54, 1.807) is 6.20 Å². The Morgan fingerprint density at radius 3 is 2.63 bits per heavy atom. The molecule has 104 valence electrons. The van der Waals surface area contributed by atoms with E-state index < -0.39 is 0 Å². The van der Waals surface area contributed by atoms with Gasteiger partial charge in [0.25, 0.3) is 0 Å². The number of aromatic nitrogens is 1. The highest BCUT2D eigenvalue weighted by Gasteiger charge is 2.17. The van der Waals surface area contributed by atoms with Crippen LogP contribution in [-0.4, -0.2) is 34.2 Å². The number of hydrogen-bond acceptors (Lipinski definition) is 2. The maximum absolute atomic E-state index is 12.1. The Hall–Kier alpha value is -1.58. The molecule has 1 aromatic heterocycles. The van der Waals surface area contributed by atoms with Crippen molar-refractivity contribution in [1.29, 1.82) is 0 Å². The zero-order chi connectivity index (χ0) is 13.7. The lowest BCUT2D eigenvalue weighted by atomic mass is 10.1. The highest BCUT2D eigenvalue weighted by Crippen LogP contribution is 2.11. The lowest BCUT2D eigenvalue weighted by Gasteiger charge is -2.26. The second kappa shape index (κ2) is 6.55. The first-order valence-electron chi connectivity index (χ1n) is 7.17. The van der Waals surface area contributed by atoms with Crippen LogP contribution < -0.4 is 0 Å². The topological polar surface area (TPSA) is 42.3 Å². The van der Waals surface area contributed by atoms with Crippen molar-refractivity contribution in [2.24, 2.45) is 0 Å². The molecule has 19 heavy (non-hydrogen) atoms. The molecule has 1 aromatic rings. The summed E-state index contributed by atoms with van der Waals surface area (Å²) in [5.74, 6) is 0.316. The molecule has 0 aromatic carbocycles. The maximum atomic E-state index is 12.1. The smallest absolute Gasteiger partial charge is 0.242 e. The molecular formula is C15H22N2O2. The molecule has 1 aliphatic rings. The Labute approximate surface area is 114 Å². The van der Waals surface area contributed by atoms with Crippen LogP contribution >= 0.6 is 0 Å². The second-order valence-electron chi connectivity index (χ2n) is 5.19. The Kier molecular flexibility index (Phi) is 4.77. The van der Waals surface area contributed by atoms with Gasteiger partial charge >= 0.3 is 0 Å². The SMILES string of the molecule is CCCC(=O)c1ccn(CC(=O)N2CCCCC2)c1. The van der Waals surface area contributed by atoms with Crippen molar-refractivity contribution in [3.63, 3.8) is 0 Å². The van der Waals surface area contributed by atoms with Crippen molar-refractivity contribution in [3.8, 4) is 0 Å². The van der Waals surface area contributed by atoms with Crippen LogP contribution in [0.4, 0.5) is 0 Å². The minimum absolute atomic E-state index is 0.157. The third kappa shape index (κ3) is 3.69. The quantitative estimate of drug-likeness (QED) is 0.765. The van der Waals surface area contributed by atoms with Crippen LogP contribution in [0.15, 0.2) is 18.5 Å². The van der Waals surface area contributed by atoms with Gasteiger partial charge in [0.2, 0.25) is 5.91 Å². The van der Waals surface area contributed by atoms with E-state index in [0.29, 0.717) is 18.5 Å². The molecule has 0 atom stereocenters. The molecule has 0 saturated carbocycles. The van der Waals surface area contributed by atoms with Crippen molar-refractivity contribution in [1.82, 2.24) is 9.47 Å². The molecule has 1 saturated heterocycles. The van der Waals surface area contributed by atoms with E-state index in [2.05, 4.69) is 0 Å². The van der Waals surface area contributed by atoms with E-state index in [1.807, 2.05) is 28.7 Å². The Bertz CT molecular complexity index is 445. The predicted molar refractivity (Wildman–Crippen MR) is 74.1 cm³/mol. The zero-order valence-electron chi connectivity index (χ0n) is 11.6. The number of carbonyl (C=O) groups excluding carboxylic acids is 2. The van der Waals surface area contributed by atoms with Gasteiger partial charge in [0.15, 0.2) is 5.78 Å². The van der Waals surface area contributed by atoms with E-state index in [9.17, 15) is 9.59 Å². The van der Waals surface area contributed by atoms with Gasteiger partial charge in [0.1, 0.15) is 6.54 Å². The first kappa shape index (κ1) is 13.8.